The molecule has 0 aliphatic carbocycles. The van der Waals surface area contributed by atoms with Gasteiger partial charge in [-0.3, -0.25) is 9.59 Å². The number of aliphatic hydroxyl groups excluding tert-OH is 1. The van der Waals surface area contributed by atoms with Gasteiger partial charge in [0, 0.05) is 5.56 Å². The number of hydrogen-bond acceptors (Lipinski definition) is 3. The highest BCUT2D eigenvalue weighted by Crippen LogP contribution is 2.39. The molecule has 0 spiro atoms. The van der Waals surface area contributed by atoms with Gasteiger partial charge in [0.05, 0.1) is 38.8 Å². The second kappa shape index (κ2) is 7.90. The molecule has 7 heteroatoms. The summed E-state index contributed by atoms with van der Waals surface area (Å²) in [5.41, 5.74) is 0.653. The highest BCUT2D eigenvalue weighted by Gasteiger charge is 2.46. The van der Waals surface area contributed by atoms with Gasteiger partial charge in [0.2, 0.25) is 0 Å². The number of Topliss-reactive ketones (excluding diaryl/α,β-unsaturated/α-hetero) is 1. The molecule has 2 aromatic carbocycles. The Balaban J connectivity index is 2.13. The van der Waals surface area contributed by atoms with Crippen LogP contribution in [0.3, 0.4) is 0 Å². The van der Waals surface area contributed by atoms with Crippen LogP contribution >= 0.6 is 0 Å². The number of carbonyl (C=O) groups excluding carboxylic acids is 2. The van der Waals surface area contributed by atoms with E-state index in [1.807, 2.05) is 14.1 Å². The summed E-state index contributed by atoms with van der Waals surface area (Å²) < 4.78 is 26.6. The second-order valence-electron chi connectivity index (χ2n) is 7.01. The zero-order chi connectivity index (χ0) is 20.4. The summed E-state index contributed by atoms with van der Waals surface area (Å²) in [6.07, 6.45) is 0. The molecule has 1 atom stereocenters. The highest BCUT2D eigenvalue weighted by molar-refractivity contribution is 6.46. The number of aliphatic hydroxyl groups is 1. The Morgan fingerprint density at radius 1 is 1.00 bits per heavy atom. The van der Waals surface area contributed by atoms with E-state index in [0.717, 1.165) is 17.0 Å². The Hall–Kier alpha value is -3.06. The molecule has 0 radical (unpaired) electrons. The Kier molecular flexibility index (Phi) is 5.56. The number of nitrogens with zero attached hydrogens (tertiary/aromatic N) is 1. The van der Waals surface area contributed by atoms with Crippen LogP contribution in [-0.4, -0.2) is 48.9 Å². The summed E-state index contributed by atoms with van der Waals surface area (Å²) >= 11 is 0. The Labute approximate surface area is 161 Å². The fraction of sp³-hybridized carbons (Fsp3) is 0.238. The average Bonchev–Trinajstić information content (AvgIpc) is 2.91. The number of likely N-dealkylation sites (N-methyl/N-ethyl adjacent to an activating group) is 1. The van der Waals surface area contributed by atoms with Crippen molar-refractivity contribution < 1.29 is 28.4 Å². The van der Waals surface area contributed by atoms with Gasteiger partial charge in [0.25, 0.3) is 11.7 Å². The predicted molar refractivity (Wildman–Crippen MR) is 99.5 cm³/mol. The molecule has 1 saturated heterocycles. The van der Waals surface area contributed by atoms with Crippen LogP contribution in [0.5, 0.6) is 0 Å². The summed E-state index contributed by atoms with van der Waals surface area (Å²) in [5.74, 6) is -2.85. The maximum absolute atomic E-state index is 13.4. The van der Waals surface area contributed by atoms with E-state index in [1.165, 1.54) is 41.3 Å². The fourth-order valence-electron chi connectivity index (χ4n) is 3.21. The third kappa shape index (κ3) is 3.80. The zero-order valence-electron chi connectivity index (χ0n) is 15.6. The first-order chi connectivity index (χ1) is 13.3. The second-order valence-corrected chi connectivity index (χ2v) is 7.01. The number of rotatable bonds is 5. The molecule has 2 N–H and O–H groups in total. The van der Waals surface area contributed by atoms with Crippen LogP contribution in [0.1, 0.15) is 17.2 Å². The minimum atomic E-state index is -0.843. The van der Waals surface area contributed by atoms with Crippen molar-refractivity contribution in [2.75, 3.05) is 27.2 Å². The van der Waals surface area contributed by atoms with Crippen molar-refractivity contribution in [3.8, 4) is 0 Å². The largest absolute Gasteiger partial charge is 0.507 e. The number of nitrogens with one attached hydrogen (secondary N) is 1. The lowest BCUT2D eigenvalue weighted by molar-refractivity contribution is -0.857. The van der Waals surface area contributed by atoms with Crippen LogP contribution in [0.15, 0.2) is 54.1 Å². The summed E-state index contributed by atoms with van der Waals surface area (Å²) in [7, 11) is 3.84. The lowest BCUT2D eigenvalue weighted by Crippen LogP contribution is -3.06. The molecule has 5 nitrogen and oxygen atoms in total. The fourth-order valence-corrected chi connectivity index (χ4v) is 3.21. The van der Waals surface area contributed by atoms with E-state index >= 15 is 0 Å². The first-order valence-corrected chi connectivity index (χ1v) is 8.88. The number of benzene rings is 2. The van der Waals surface area contributed by atoms with Gasteiger partial charge in [0.15, 0.2) is 0 Å². The van der Waals surface area contributed by atoms with E-state index in [-0.39, 0.29) is 23.4 Å². The first kappa shape index (κ1) is 19.7. The SMILES string of the molecule is C[NH+](C)CCN1C(=O)C(=O)C(=C(O)c2ccc(F)cc2)[C@@H]1c1ccc(F)cc1. The van der Waals surface area contributed by atoms with Crippen molar-refractivity contribution in [3.63, 3.8) is 0 Å². The topological polar surface area (TPSA) is 62.0 Å². The molecule has 3 rings (SSSR count). The first-order valence-electron chi connectivity index (χ1n) is 8.88. The minimum Gasteiger partial charge on any atom is -0.507 e. The molecule has 146 valence electrons. The van der Waals surface area contributed by atoms with E-state index in [1.54, 1.807) is 0 Å². The molecule has 0 aromatic heterocycles. The quantitative estimate of drug-likeness (QED) is 0.465. The van der Waals surface area contributed by atoms with Gasteiger partial charge in [-0.25, -0.2) is 8.78 Å². The number of halogens is 2. The Morgan fingerprint density at radius 2 is 1.54 bits per heavy atom. The van der Waals surface area contributed by atoms with Crippen LogP contribution in [0, 0.1) is 11.6 Å². The molecule has 0 bridgehead atoms. The maximum atomic E-state index is 13.4. The highest BCUT2D eigenvalue weighted by atomic mass is 19.1. The van der Waals surface area contributed by atoms with Gasteiger partial charge in [-0.05, 0) is 42.0 Å². The van der Waals surface area contributed by atoms with Crippen LogP contribution in [-0.2, 0) is 9.59 Å². The number of quaternary nitrogens is 1. The summed E-state index contributed by atoms with van der Waals surface area (Å²) in [6, 6.07) is 9.60. The minimum absolute atomic E-state index is 0.0861. The van der Waals surface area contributed by atoms with Gasteiger partial charge in [-0.1, -0.05) is 12.1 Å². The lowest BCUT2D eigenvalue weighted by atomic mass is 9.95. The Morgan fingerprint density at radius 3 is 2.07 bits per heavy atom. The Bertz CT molecular complexity index is 922. The van der Waals surface area contributed by atoms with Crippen molar-refractivity contribution in [1.82, 2.24) is 4.90 Å². The van der Waals surface area contributed by atoms with E-state index in [0.29, 0.717) is 12.1 Å². The molecular weight excluding hydrogens is 366 g/mol. The van der Waals surface area contributed by atoms with Crippen molar-refractivity contribution in [2.24, 2.45) is 0 Å². The third-order valence-electron chi connectivity index (χ3n) is 4.70. The van der Waals surface area contributed by atoms with E-state index in [4.69, 9.17) is 0 Å². The van der Waals surface area contributed by atoms with Gasteiger partial charge in [-0.15, -0.1) is 0 Å². The molecule has 2 aromatic rings. The summed E-state index contributed by atoms with van der Waals surface area (Å²) in [6.45, 7) is 0.871. The number of ketones is 1. The number of amides is 1. The van der Waals surface area contributed by atoms with Crippen molar-refractivity contribution in [1.29, 1.82) is 0 Å². The van der Waals surface area contributed by atoms with E-state index in [2.05, 4.69) is 0 Å². The van der Waals surface area contributed by atoms with Gasteiger partial charge in [-0.2, -0.15) is 0 Å². The van der Waals surface area contributed by atoms with Crippen molar-refractivity contribution in [2.45, 2.75) is 6.04 Å². The summed E-state index contributed by atoms with van der Waals surface area (Å²) in [5, 5.41) is 10.8. The van der Waals surface area contributed by atoms with Crippen molar-refractivity contribution in [3.05, 3.63) is 76.9 Å². The molecule has 1 fully saturated rings. The molecule has 1 heterocycles. The smallest absolute Gasteiger partial charge is 0.295 e. The third-order valence-corrected chi connectivity index (χ3v) is 4.70. The predicted octanol–water partition coefficient (Wildman–Crippen LogP) is 1.53. The molecular formula is C21H21F2N2O3+. The van der Waals surface area contributed by atoms with E-state index in [9.17, 15) is 23.5 Å². The van der Waals surface area contributed by atoms with Gasteiger partial charge >= 0.3 is 0 Å². The average molecular weight is 387 g/mol. The van der Waals surface area contributed by atoms with Gasteiger partial charge < -0.3 is 14.9 Å². The molecule has 1 aliphatic heterocycles. The van der Waals surface area contributed by atoms with Crippen LogP contribution in [0.25, 0.3) is 5.76 Å². The molecule has 1 aliphatic rings. The van der Waals surface area contributed by atoms with Gasteiger partial charge in [0.1, 0.15) is 17.4 Å². The standard InChI is InChI=1S/C21H20F2N2O3/c1-24(2)11-12-25-18(13-3-7-15(22)8-4-13)17(20(27)21(25)28)19(26)14-5-9-16(23)10-6-14/h3-10,18,26H,11-12H2,1-2H3/p+1/t18-/m0/s1. The monoisotopic (exact) mass is 387 g/mol. The number of carbonyl (C=O) groups is 2. The summed E-state index contributed by atoms with van der Waals surface area (Å²) in [4.78, 5) is 27.9. The zero-order valence-corrected chi connectivity index (χ0v) is 15.6. The number of hydrogen-bond donors (Lipinski definition) is 2. The van der Waals surface area contributed by atoms with Crippen LogP contribution in [0.2, 0.25) is 0 Å². The van der Waals surface area contributed by atoms with E-state index < -0.39 is 29.4 Å². The molecule has 0 saturated carbocycles. The molecule has 1 amide bonds. The molecule has 28 heavy (non-hydrogen) atoms. The van der Waals surface area contributed by atoms with Crippen LogP contribution in [0.4, 0.5) is 8.78 Å². The van der Waals surface area contributed by atoms with Crippen LogP contribution < -0.4 is 4.90 Å². The number of likely N-dealkylation sites (tertiary alicyclic amines) is 1. The van der Waals surface area contributed by atoms with Crippen molar-refractivity contribution >= 4 is 17.4 Å². The normalized spacial score (nSPS) is 18.9. The lowest BCUT2D eigenvalue weighted by Gasteiger charge is -2.25. The maximum Gasteiger partial charge on any atom is 0.295 e. The molecule has 0 unspecified atom stereocenters.